The molecule has 3 nitrogen and oxygen atoms in total. The molecule has 0 saturated carbocycles. The Kier molecular flexibility index (Phi) is 3.87. The van der Waals surface area contributed by atoms with Crippen LogP contribution in [0, 0.1) is 5.82 Å². The van der Waals surface area contributed by atoms with Gasteiger partial charge in [-0.1, -0.05) is 29.3 Å². The van der Waals surface area contributed by atoms with E-state index in [1.165, 1.54) is 6.07 Å². The third-order valence-electron chi connectivity index (χ3n) is 3.22. The lowest BCUT2D eigenvalue weighted by molar-refractivity contribution is 0.462. The van der Waals surface area contributed by atoms with E-state index >= 15 is 0 Å². The van der Waals surface area contributed by atoms with Crippen LogP contribution in [0.4, 0.5) is 4.39 Å². The highest BCUT2D eigenvalue weighted by molar-refractivity contribution is 6.31. The average Bonchev–Trinajstić information content (AvgIpc) is 2.84. The molecule has 0 aliphatic rings. The standard InChI is InChI=1S/C15H11Cl2FN2O/c16-9-2-4-13-8(5-9)6-14(21-13)15(20-19)11-3-1-10(17)7-12(11)18/h1-7,15,20H,19H2. The Labute approximate surface area is 130 Å². The van der Waals surface area contributed by atoms with E-state index in [0.29, 0.717) is 27.0 Å². The van der Waals surface area contributed by atoms with Crippen LogP contribution in [-0.2, 0) is 0 Å². The van der Waals surface area contributed by atoms with Crippen LogP contribution in [0.25, 0.3) is 11.0 Å². The van der Waals surface area contributed by atoms with Crippen molar-refractivity contribution in [2.24, 2.45) is 5.84 Å². The topological polar surface area (TPSA) is 51.2 Å². The second kappa shape index (κ2) is 5.66. The first-order chi connectivity index (χ1) is 10.1. The summed E-state index contributed by atoms with van der Waals surface area (Å²) in [7, 11) is 0. The fourth-order valence-corrected chi connectivity index (χ4v) is 2.58. The van der Waals surface area contributed by atoms with Crippen LogP contribution < -0.4 is 11.3 Å². The minimum Gasteiger partial charge on any atom is -0.459 e. The van der Waals surface area contributed by atoms with Crippen LogP contribution in [0.1, 0.15) is 17.4 Å². The lowest BCUT2D eigenvalue weighted by atomic mass is 10.0. The third-order valence-corrected chi connectivity index (χ3v) is 3.69. The SMILES string of the molecule is NNC(c1cc2cc(Cl)ccc2o1)c1ccc(Cl)cc1F. The van der Waals surface area contributed by atoms with Gasteiger partial charge in [-0.3, -0.25) is 5.84 Å². The molecule has 3 N–H and O–H groups in total. The number of nitrogens with two attached hydrogens (primary N) is 1. The molecule has 2 aromatic carbocycles. The number of hydrogen-bond acceptors (Lipinski definition) is 3. The number of benzene rings is 2. The zero-order chi connectivity index (χ0) is 15.0. The van der Waals surface area contributed by atoms with Gasteiger partial charge in [-0.15, -0.1) is 0 Å². The number of nitrogens with one attached hydrogen (secondary N) is 1. The van der Waals surface area contributed by atoms with Gasteiger partial charge >= 0.3 is 0 Å². The van der Waals surface area contributed by atoms with Gasteiger partial charge in [0.05, 0.1) is 0 Å². The molecule has 3 aromatic rings. The molecule has 1 unspecified atom stereocenters. The predicted octanol–water partition coefficient (Wildman–Crippen LogP) is 4.43. The molecule has 0 amide bonds. The Balaban J connectivity index is 2.09. The van der Waals surface area contributed by atoms with Crippen molar-refractivity contribution in [1.82, 2.24) is 5.43 Å². The molecule has 108 valence electrons. The summed E-state index contributed by atoms with van der Waals surface area (Å²) in [6.45, 7) is 0. The Morgan fingerprint density at radius 2 is 1.76 bits per heavy atom. The van der Waals surface area contributed by atoms with Crippen LogP contribution in [0.5, 0.6) is 0 Å². The second-order valence-electron chi connectivity index (χ2n) is 4.60. The van der Waals surface area contributed by atoms with Crippen LogP contribution in [0.3, 0.4) is 0 Å². The van der Waals surface area contributed by atoms with Gasteiger partial charge in [0.25, 0.3) is 0 Å². The minimum atomic E-state index is -0.617. The maximum absolute atomic E-state index is 14.1. The van der Waals surface area contributed by atoms with Crippen molar-refractivity contribution >= 4 is 34.2 Å². The summed E-state index contributed by atoms with van der Waals surface area (Å²) in [4.78, 5) is 0. The highest BCUT2D eigenvalue weighted by atomic mass is 35.5. The van der Waals surface area contributed by atoms with Gasteiger partial charge < -0.3 is 4.42 Å². The van der Waals surface area contributed by atoms with Gasteiger partial charge in [0.1, 0.15) is 23.2 Å². The molecule has 3 rings (SSSR count). The Morgan fingerprint density at radius 1 is 1.05 bits per heavy atom. The molecule has 0 aliphatic carbocycles. The molecule has 1 aromatic heterocycles. The normalized spacial score (nSPS) is 12.8. The highest BCUT2D eigenvalue weighted by Crippen LogP contribution is 2.31. The monoisotopic (exact) mass is 324 g/mol. The maximum Gasteiger partial charge on any atom is 0.134 e. The van der Waals surface area contributed by atoms with Crippen LogP contribution in [-0.4, -0.2) is 0 Å². The lowest BCUT2D eigenvalue weighted by Crippen LogP contribution is -2.29. The summed E-state index contributed by atoms with van der Waals surface area (Å²) < 4.78 is 19.8. The van der Waals surface area contributed by atoms with E-state index in [2.05, 4.69) is 5.43 Å². The summed E-state index contributed by atoms with van der Waals surface area (Å²) in [6, 6.07) is 10.8. The maximum atomic E-state index is 14.1. The first-order valence-electron chi connectivity index (χ1n) is 6.18. The van der Waals surface area contributed by atoms with E-state index < -0.39 is 11.9 Å². The zero-order valence-corrected chi connectivity index (χ0v) is 12.3. The molecule has 0 fully saturated rings. The zero-order valence-electron chi connectivity index (χ0n) is 10.7. The van der Waals surface area contributed by atoms with E-state index in [9.17, 15) is 4.39 Å². The molecule has 0 aliphatic heterocycles. The van der Waals surface area contributed by atoms with Crippen molar-refractivity contribution in [3.05, 3.63) is 69.7 Å². The van der Waals surface area contributed by atoms with Crippen LogP contribution in [0.2, 0.25) is 10.0 Å². The summed E-state index contributed by atoms with van der Waals surface area (Å²) in [5.74, 6) is 5.60. The predicted molar refractivity (Wildman–Crippen MR) is 81.8 cm³/mol. The first-order valence-corrected chi connectivity index (χ1v) is 6.94. The number of fused-ring (bicyclic) bond motifs is 1. The molecule has 0 bridgehead atoms. The number of rotatable bonds is 3. The molecular formula is C15H11Cl2FN2O. The van der Waals surface area contributed by atoms with E-state index in [1.54, 1.807) is 36.4 Å². The van der Waals surface area contributed by atoms with E-state index in [0.717, 1.165) is 5.39 Å². The van der Waals surface area contributed by atoms with E-state index in [-0.39, 0.29) is 0 Å². The number of furan rings is 1. The van der Waals surface area contributed by atoms with E-state index in [1.807, 2.05) is 0 Å². The molecule has 1 heterocycles. The van der Waals surface area contributed by atoms with Gasteiger partial charge in [0, 0.05) is 21.0 Å². The molecule has 0 saturated heterocycles. The third kappa shape index (κ3) is 2.76. The lowest BCUT2D eigenvalue weighted by Gasteiger charge is -2.14. The van der Waals surface area contributed by atoms with Crippen molar-refractivity contribution in [2.45, 2.75) is 6.04 Å². The summed E-state index contributed by atoms with van der Waals surface area (Å²) in [5, 5.41) is 1.75. The van der Waals surface area contributed by atoms with Gasteiger partial charge in [-0.05, 0) is 36.4 Å². The van der Waals surface area contributed by atoms with Crippen molar-refractivity contribution in [3.63, 3.8) is 0 Å². The molecule has 1 atom stereocenters. The largest absolute Gasteiger partial charge is 0.459 e. The average molecular weight is 325 g/mol. The quantitative estimate of drug-likeness (QED) is 0.553. The number of halogens is 3. The van der Waals surface area contributed by atoms with Crippen molar-refractivity contribution in [2.75, 3.05) is 0 Å². The molecule has 0 spiro atoms. The summed E-state index contributed by atoms with van der Waals surface area (Å²) in [5.41, 5.74) is 3.57. The molecular weight excluding hydrogens is 314 g/mol. The van der Waals surface area contributed by atoms with Gasteiger partial charge in [-0.2, -0.15) is 0 Å². The van der Waals surface area contributed by atoms with E-state index in [4.69, 9.17) is 33.5 Å². The van der Waals surface area contributed by atoms with Crippen molar-refractivity contribution < 1.29 is 8.81 Å². The smallest absolute Gasteiger partial charge is 0.134 e. The van der Waals surface area contributed by atoms with Gasteiger partial charge in [0.2, 0.25) is 0 Å². The van der Waals surface area contributed by atoms with Gasteiger partial charge in [0.15, 0.2) is 0 Å². The van der Waals surface area contributed by atoms with Crippen molar-refractivity contribution in [3.8, 4) is 0 Å². The van der Waals surface area contributed by atoms with Crippen LogP contribution in [0.15, 0.2) is 46.9 Å². The Morgan fingerprint density at radius 3 is 2.48 bits per heavy atom. The fraction of sp³-hybridized carbons (Fsp3) is 0.0667. The van der Waals surface area contributed by atoms with Crippen LogP contribution >= 0.6 is 23.2 Å². The minimum absolute atomic E-state index is 0.323. The summed E-state index contributed by atoms with van der Waals surface area (Å²) >= 11 is 11.7. The Hall–Kier alpha value is -1.59. The Bertz CT molecular complexity index is 803. The molecule has 0 radical (unpaired) electrons. The summed E-state index contributed by atoms with van der Waals surface area (Å²) in [6.07, 6.45) is 0. The molecule has 6 heteroatoms. The highest BCUT2D eigenvalue weighted by Gasteiger charge is 2.20. The second-order valence-corrected chi connectivity index (χ2v) is 5.47. The number of hydrazine groups is 1. The fourth-order valence-electron chi connectivity index (χ4n) is 2.24. The molecule has 21 heavy (non-hydrogen) atoms. The first kappa shape index (κ1) is 14.4. The van der Waals surface area contributed by atoms with Crippen molar-refractivity contribution in [1.29, 1.82) is 0 Å². The van der Waals surface area contributed by atoms with Gasteiger partial charge in [-0.25, -0.2) is 9.82 Å². The number of hydrogen-bond donors (Lipinski definition) is 2.